The molecule has 168 valence electrons. The van der Waals surface area contributed by atoms with Crippen molar-refractivity contribution < 1.29 is 9.66 Å². The minimum absolute atomic E-state index is 0.0672. The van der Waals surface area contributed by atoms with E-state index in [1.807, 2.05) is 35.3 Å². The zero-order valence-corrected chi connectivity index (χ0v) is 20.0. The van der Waals surface area contributed by atoms with E-state index in [1.54, 1.807) is 6.07 Å². The molecular weight excluding hydrogens is 518 g/mol. The van der Waals surface area contributed by atoms with Gasteiger partial charge in [-0.3, -0.25) is 10.1 Å². The summed E-state index contributed by atoms with van der Waals surface area (Å²) in [5, 5.41) is 20.8. The molecule has 0 bridgehead atoms. The lowest BCUT2D eigenvalue weighted by Crippen LogP contribution is -2.33. The van der Waals surface area contributed by atoms with Crippen LogP contribution in [0.2, 0.25) is 5.02 Å². The monoisotopic (exact) mass is 533 g/mol. The van der Waals surface area contributed by atoms with Gasteiger partial charge in [-0.1, -0.05) is 70.0 Å². The first-order valence-electron chi connectivity index (χ1n) is 10.7. The summed E-state index contributed by atoms with van der Waals surface area (Å²) in [4.78, 5) is 11.0. The summed E-state index contributed by atoms with van der Waals surface area (Å²) < 4.78 is 7.30. The van der Waals surface area contributed by atoms with Gasteiger partial charge in [0.1, 0.15) is 10.8 Å². The van der Waals surface area contributed by atoms with E-state index in [1.165, 1.54) is 17.5 Å². The summed E-state index contributed by atoms with van der Waals surface area (Å²) in [6.45, 7) is 0. The molecule has 0 amide bonds. The first-order valence-corrected chi connectivity index (χ1v) is 11.9. The Morgan fingerprint density at radius 3 is 2.68 bits per heavy atom. The predicted octanol–water partition coefficient (Wildman–Crippen LogP) is 7.41. The Bertz CT molecular complexity index is 1510. The van der Waals surface area contributed by atoms with E-state index in [2.05, 4.69) is 46.3 Å². The van der Waals surface area contributed by atoms with Crippen LogP contribution in [-0.4, -0.2) is 15.6 Å². The molecule has 34 heavy (non-hydrogen) atoms. The molecule has 0 spiro atoms. The second-order valence-corrected chi connectivity index (χ2v) is 9.65. The van der Waals surface area contributed by atoms with Crippen molar-refractivity contribution in [2.45, 2.75) is 18.7 Å². The third-order valence-electron chi connectivity index (χ3n) is 6.29. The number of halogens is 2. The number of fused-ring (bicyclic) bond motifs is 4. The minimum Gasteiger partial charge on any atom is -0.464 e. The van der Waals surface area contributed by atoms with Crippen molar-refractivity contribution in [3.63, 3.8) is 0 Å². The Hall–Kier alpha value is -3.42. The second-order valence-electron chi connectivity index (χ2n) is 8.33. The van der Waals surface area contributed by atoms with Crippen molar-refractivity contribution in [2.24, 2.45) is 5.10 Å². The molecule has 4 aromatic carbocycles. The van der Waals surface area contributed by atoms with Crippen LogP contribution in [0.4, 0.5) is 5.69 Å². The Balaban J connectivity index is 1.47. The number of ether oxygens (including phenoxy) is 1. The van der Waals surface area contributed by atoms with Gasteiger partial charge in [-0.05, 0) is 46.7 Å². The van der Waals surface area contributed by atoms with Gasteiger partial charge in [0.25, 0.3) is 5.69 Å². The number of nitro benzene ring substituents is 1. The van der Waals surface area contributed by atoms with E-state index in [0.717, 1.165) is 32.4 Å². The highest BCUT2D eigenvalue weighted by molar-refractivity contribution is 9.10. The van der Waals surface area contributed by atoms with Crippen LogP contribution < -0.4 is 4.74 Å². The van der Waals surface area contributed by atoms with Crippen LogP contribution in [0.5, 0.6) is 5.75 Å². The fourth-order valence-electron chi connectivity index (χ4n) is 4.64. The van der Waals surface area contributed by atoms with Gasteiger partial charge < -0.3 is 4.74 Å². The molecule has 2 aliphatic rings. The molecule has 0 unspecified atom stereocenters. The van der Waals surface area contributed by atoms with E-state index in [-0.39, 0.29) is 16.8 Å². The number of nitro groups is 1. The number of hydrogen-bond acceptors (Lipinski definition) is 5. The lowest BCUT2D eigenvalue weighted by atomic mass is 9.95. The molecule has 2 atom stereocenters. The number of rotatable bonds is 3. The van der Waals surface area contributed by atoms with Gasteiger partial charge in [-0.15, -0.1) is 0 Å². The molecule has 2 aliphatic heterocycles. The Labute approximate surface area is 208 Å². The van der Waals surface area contributed by atoms with Gasteiger partial charge >= 0.3 is 0 Å². The average Bonchev–Trinajstić information content (AvgIpc) is 3.29. The molecular formula is C26H17BrClN3O3. The summed E-state index contributed by atoms with van der Waals surface area (Å²) in [6.07, 6.45) is 0.0738. The second kappa shape index (κ2) is 8.11. The van der Waals surface area contributed by atoms with Crippen molar-refractivity contribution in [1.82, 2.24) is 5.01 Å². The Kier molecular flexibility index (Phi) is 5.04. The maximum Gasteiger partial charge on any atom is 0.288 e. The molecule has 6 nitrogen and oxygen atoms in total. The fourth-order valence-corrected chi connectivity index (χ4v) is 5.21. The van der Waals surface area contributed by atoms with Gasteiger partial charge in [0.15, 0.2) is 0 Å². The fraction of sp³-hybridized carbons (Fsp3) is 0.115. The van der Waals surface area contributed by atoms with Crippen LogP contribution in [0.25, 0.3) is 10.8 Å². The molecule has 4 aromatic rings. The molecule has 0 saturated carbocycles. The maximum atomic E-state index is 11.5. The first-order chi connectivity index (χ1) is 16.5. The van der Waals surface area contributed by atoms with Gasteiger partial charge in [0.05, 0.1) is 16.7 Å². The summed E-state index contributed by atoms with van der Waals surface area (Å²) in [5.74, 6) is 0.738. The van der Waals surface area contributed by atoms with Gasteiger partial charge in [-0.25, -0.2) is 5.01 Å². The van der Waals surface area contributed by atoms with Crippen molar-refractivity contribution in [2.75, 3.05) is 0 Å². The molecule has 8 heteroatoms. The van der Waals surface area contributed by atoms with Crippen LogP contribution in [0.1, 0.15) is 35.4 Å². The zero-order valence-electron chi connectivity index (χ0n) is 17.7. The molecule has 0 saturated heterocycles. The molecule has 0 radical (unpaired) electrons. The van der Waals surface area contributed by atoms with E-state index in [0.29, 0.717) is 12.0 Å². The third kappa shape index (κ3) is 3.52. The van der Waals surface area contributed by atoms with E-state index in [4.69, 9.17) is 21.4 Å². The molecule has 0 aliphatic carbocycles. The highest BCUT2D eigenvalue weighted by atomic mass is 79.9. The van der Waals surface area contributed by atoms with Crippen LogP contribution in [0, 0.1) is 10.1 Å². The lowest BCUT2D eigenvalue weighted by Gasteiger charge is -2.38. The van der Waals surface area contributed by atoms with Gasteiger partial charge in [0.2, 0.25) is 6.23 Å². The Morgan fingerprint density at radius 1 is 1.03 bits per heavy atom. The largest absolute Gasteiger partial charge is 0.464 e. The van der Waals surface area contributed by atoms with Crippen LogP contribution in [0.15, 0.2) is 88.4 Å². The first kappa shape index (κ1) is 21.1. The van der Waals surface area contributed by atoms with E-state index < -0.39 is 11.2 Å². The summed E-state index contributed by atoms with van der Waals surface area (Å²) in [5.41, 5.74) is 3.48. The highest BCUT2D eigenvalue weighted by Gasteiger charge is 2.41. The van der Waals surface area contributed by atoms with E-state index in [9.17, 15) is 10.1 Å². The topological polar surface area (TPSA) is 68.0 Å². The third-order valence-corrected chi connectivity index (χ3v) is 7.10. The predicted molar refractivity (Wildman–Crippen MR) is 135 cm³/mol. The van der Waals surface area contributed by atoms with Crippen molar-refractivity contribution in [1.29, 1.82) is 0 Å². The SMILES string of the molecule is O=[N+]([O-])c1cc([C@@H]2Oc3ccc(Br)cc3[C@@H]3CC(c4ccc5ccccc5c4)=NN32)ccc1Cl. The van der Waals surface area contributed by atoms with Crippen molar-refractivity contribution in [3.05, 3.63) is 115 Å². The molecule has 0 fully saturated rings. The molecule has 2 heterocycles. The average molecular weight is 535 g/mol. The lowest BCUT2D eigenvalue weighted by molar-refractivity contribution is -0.384. The van der Waals surface area contributed by atoms with Gasteiger partial charge in [-0.2, -0.15) is 5.10 Å². The summed E-state index contributed by atoms with van der Waals surface area (Å²) in [6, 6.07) is 25.2. The highest BCUT2D eigenvalue weighted by Crippen LogP contribution is 2.48. The molecule has 0 N–H and O–H groups in total. The number of benzene rings is 4. The molecule has 0 aromatic heterocycles. The number of hydrogen-bond donors (Lipinski definition) is 0. The van der Waals surface area contributed by atoms with Crippen molar-refractivity contribution in [3.8, 4) is 5.75 Å². The van der Waals surface area contributed by atoms with Gasteiger partial charge in [0, 0.05) is 28.1 Å². The van der Waals surface area contributed by atoms with Crippen LogP contribution in [-0.2, 0) is 0 Å². The number of hydrazone groups is 1. The van der Waals surface area contributed by atoms with Crippen LogP contribution in [0.3, 0.4) is 0 Å². The Morgan fingerprint density at radius 2 is 1.85 bits per heavy atom. The standard InChI is InChI=1S/C26H17BrClN3O3/c27-19-8-10-25-20(13-19)23-14-22(17-6-5-15-3-1-2-4-16(15)11-17)29-30(23)26(34-25)18-7-9-21(28)24(12-18)31(32)33/h1-13,23,26H,14H2/t23-,26-/m0/s1. The quantitative estimate of drug-likeness (QED) is 0.203. The maximum absolute atomic E-state index is 11.5. The zero-order chi connectivity index (χ0) is 23.4. The van der Waals surface area contributed by atoms with Crippen LogP contribution >= 0.6 is 27.5 Å². The summed E-state index contributed by atoms with van der Waals surface area (Å²) in [7, 11) is 0. The molecule has 6 rings (SSSR count). The number of nitrogens with zero attached hydrogens (tertiary/aromatic N) is 3. The van der Waals surface area contributed by atoms with Crippen molar-refractivity contribution >= 4 is 49.7 Å². The van der Waals surface area contributed by atoms with E-state index >= 15 is 0 Å². The smallest absolute Gasteiger partial charge is 0.288 e. The normalized spacial score (nSPS) is 18.8. The summed E-state index contributed by atoms with van der Waals surface area (Å²) >= 11 is 9.63. The minimum atomic E-state index is -0.618.